The molecule has 17 heavy (non-hydrogen) atoms. The maximum Gasteiger partial charge on any atom is 0.138 e. The highest BCUT2D eigenvalue weighted by molar-refractivity contribution is 5.90. The Bertz CT molecular complexity index is 553. The predicted molar refractivity (Wildman–Crippen MR) is 70.7 cm³/mol. The summed E-state index contributed by atoms with van der Waals surface area (Å²) in [6.45, 7) is 2.21. The highest BCUT2D eigenvalue weighted by Crippen LogP contribution is 2.35. The number of aromatic nitrogens is 1. The van der Waals surface area contributed by atoms with E-state index in [2.05, 4.69) is 42.2 Å². The minimum Gasteiger partial charge on any atom is -0.492 e. The van der Waals surface area contributed by atoms with E-state index in [0.717, 1.165) is 6.42 Å². The quantitative estimate of drug-likeness (QED) is 0.826. The number of rotatable bonds is 3. The van der Waals surface area contributed by atoms with E-state index in [1.54, 1.807) is 0 Å². The van der Waals surface area contributed by atoms with Crippen LogP contribution in [0.2, 0.25) is 0 Å². The molecule has 0 amide bonds. The van der Waals surface area contributed by atoms with Crippen LogP contribution < -0.4 is 0 Å². The molecule has 0 saturated heterocycles. The van der Waals surface area contributed by atoms with Crippen molar-refractivity contribution in [3.05, 3.63) is 41.8 Å². The summed E-state index contributed by atoms with van der Waals surface area (Å²) in [7, 11) is 0. The zero-order valence-electron chi connectivity index (χ0n) is 10.1. The lowest BCUT2D eigenvalue weighted by Gasteiger charge is -2.19. The van der Waals surface area contributed by atoms with E-state index in [-0.39, 0.29) is 6.10 Å². The summed E-state index contributed by atoms with van der Waals surface area (Å²) in [5, 5.41) is 1.29. The summed E-state index contributed by atoms with van der Waals surface area (Å²) < 4.78 is 5.72. The largest absolute Gasteiger partial charge is 0.492 e. The number of H-pyrrole nitrogens is 1. The van der Waals surface area contributed by atoms with E-state index in [9.17, 15) is 0 Å². The van der Waals surface area contributed by atoms with Gasteiger partial charge in [-0.2, -0.15) is 0 Å². The summed E-state index contributed by atoms with van der Waals surface area (Å²) in [5.74, 6) is 0. The van der Waals surface area contributed by atoms with Crippen molar-refractivity contribution in [3.8, 4) is 0 Å². The summed E-state index contributed by atoms with van der Waals surface area (Å²) >= 11 is 0. The van der Waals surface area contributed by atoms with Gasteiger partial charge < -0.3 is 9.72 Å². The molecule has 1 aliphatic rings. The first-order valence-corrected chi connectivity index (χ1v) is 6.32. The zero-order chi connectivity index (χ0) is 11.7. The van der Waals surface area contributed by atoms with Gasteiger partial charge in [0.05, 0.1) is 12.0 Å². The second-order valence-corrected chi connectivity index (χ2v) is 4.57. The molecule has 3 rings (SSSR count). The molecule has 0 aliphatic carbocycles. The van der Waals surface area contributed by atoms with Crippen molar-refractivity contribution in [1.29, 1.82) is 0 Å². The number of nitrogens with one attached hydrogen (secondary N) is 1. The summed E-state index contributed by atoms with van der Waals surface area (Å²) in [6.07, 6.45) is 7.59. The maximum absolute atomic E-state index is 5.72. The molecule has 2 heterocycles. The van der Waals surface area contributed by atoms with Gasteiger partial charge >= 0.3 is 0 Å². The number of hydrogen-bond acceptors (Lipinski definition) is 1. The third-order valence-corrected chi connectivity index (χ3v) is 3.40. The zero-order valence-corrected chi connectivity index (χ0v) is 10.1. The average molecular weight is 227 g/mol. The fourth-order valence-electron chi connectivity index (χ4n) is 2.49. The summed E-state index contributed by atoms with van der Waals surface area (Å²) in [6, 6.07) is 8.44. The summed E-state index contributed by atoms with van der Waals surface area (Å²) in [5.41, 5.74) is 3.74. The van der Waals surface area contributed by atoms with Gasteiger partial charge in [-0.3, -0.25) is 0 Å². The molecule has 2 nitrogen and oxygen atoms in total. The second kappa shape index (κ2) is 4.28. The van der Waals surface area contributed by atoms with Gasteiger partial charge in [-0.05, 0) is 25.0 Å². The van der Waals surface area contributed by atoms with Gasteiger partial charge in [0.2, 0.25) is 0 Å². The standard InChI is InChI=1S/C15H17NO/c1-2-3-8-14-15-12(9-10-17-14)11-6-4-5-7-13(11)16-15/h4-7,9-10,14,16H,2-3,8H2,1H3. The topological polar surface area (TPSA) is 25.0 Å². The normalized spacial score (nSPS) is 18.1. The van der Waals surface area contributed by atoms with Crippen molar-refractivity contribution >= 4 is 17.0 Å². The van der Waals surface area contributed by atoms with Crippen molar-refractivity contribution < 1.29 is 4.74 Å². The van der Waals surface area contributed by atoms with Gasteiger partial charge in [-0.1, -0.05) is 31.5 Å². The lowest BCUT2D eigenvalue weighted by molar-refractivity contribution is 0.129. The number of para-hydroxylation sites is 1. The Kier molecular flexibility index (Phi) is 2.63. The van der Waals surface area contributed by atoms with E-state index >= 15 is 0 Å². The van der Waals surface area contributed by atoms with Crippen LogP contribution in [0.4, 0.5) is 0 Å². The Morgan fingerprint density at radius 1 is 1.29 bits per heavy atom. The predicted octanol–water partition coefficient (Wildman–Crippen LogP) is 4.40. The number of aromatic amines is 1. The Hall–Kier alpha value is -1.70. The van der Waals surface area contributed by atoms with Crippen LogP contribution in [0.15, 0.2) is 30.5 Å². The van der Waals surface area contributed by atoms with Crippen LogP contribution in [0.1, 0.15) is 43.5 Å². The second-order valence-electron chi connectivity index (χ2n) is 4.57. The van der Waals surface area contributed by atoms with Crippen LogP contribution in [-0.2, 0) is 4.74 Å². The molecule has 88 valence electrons. The van der Waals surface area contributed by atoms with E-state index in [0.29, 0.717) is 0 Å². The Morgan fingerprint density at radius 3 is 3.06 bits per heavy atom. The fourth-order valence-corrected chi connectivity index (χ4v) is 2.49. The van der Waals surface area contributed by atoms with Gasteiger partial charge in [0, 0.05) is 16.5 Å². The van der Waals surface area contributed by atoms with Gasteiger partial charge in [0.15, 0.2) is 0 Å². The Balaban J connectivity index is 2.05. The average Bonchev–Trinajstić information content (AvgIpc) is 2.75. The number of hydrogen-bond donors (Lipinski definition) is 1. The fraction of sp³-hybridized carbons (Fsp3) is 0.333. The molecule has 1 unspecified atom stereocenters. The van der Waals surface area contributed by atoms with Crippen LogP contribution in [0, 0.1) is 0 Å². The lowest BCUT2D eigenvalue weighted by atomic mass is 10.0. The van der Waals surface area contributed by atoms with E-state index < -0.39 is 0 Å². The molecule has 1 aromatic heterocycles. The van der Waals surface area contributed by atoms with Gasteiger partial charge in [-0.15, -0.1) is 0 Å². The Morgan fingerprint density at radius 2 is 2.18 bits per heavy atom. The van der Waals surface area contributed by atoms with E-state index in [1.165, 1.54) is 35.0 Å². The van der Waals surface area contributed by atoms with Crippen LogP contribution in [-0.4, -0.2) is 4.98 Å². The molecular formula is C15H17NO. The van der Waals surface area contributed by atoms with Crippen molar-refractivity contribution in [3.63, 3.8) is 0 Å². The molecular weight excluding hydrogens is 210 g/mol. The van der Waals surface area contributed by atoms with Crippen LogP contribution >= 0.6 is 0 Å². The molecule has 0 bridgehead atoms. The first kappa shape index (κ1) is 10.5. The monoisotopic (exact) mass is 227 g/mol. The minimum atomic E-state index is 0.197. The van der Waals surface area contributed by atoms with Crippen LogP contribution in [0.3, 0.4) is 0 Å². The smallest absolute Gasteiger partial charge is 0.138 e. The Labute approximate surface area is 101 Å². The molecule has 1 aliphatic heterocycles. The maximum atomic E-state index is 5.72. The van der Waals surface area contributed by atoms with Crippen molar-refractivity contribution in [2.24, 2.45) is 0 Å². The molecule has 0 saturated carbocycles. The van der Waals surface area contributed by atoms with Crippen LogP contribution in [0.25, 0.3) is 17.0 Å². The first-order chi connectivity index (χ1) is 8.40. The highest BCUT2D eigenvalue weighted by Gasteiger charge is 2.21. The number of benzene rings is 1. The van der Waals surface area contributed by atoms with Crippen LogP contribution in [0.5, 0.6) is 0 Å². The van der Waals surface area contributed by atoms with Gasteiger partial charge in [0.25, 0.3) is 0 Å². The molecule has 0 fully saturated rings. The van der Waals surface area contributed by atoms with Crippen molar-refractivity contribution in [1.82, 2.24) is 4.98 Å². The summed E-state index contributed by atoms with van der Waals surface area (Å²) in [4.78, 5) is 3.50. The molecule has 2 aromatic rings. The number of ether oxygens (including phenoxy) is 1. The van der Waals surface area contributed by atoms with Gasteiger partial charge in [0.1, 0.15) is 6.10 Å². The molecule has 0 spiro atoms. The molecule has 0 radical (unpaired) electrons. The minimum absolute atomic E-state index is 0.197. The first-order valence-electron chi connectivity index (χ1n) is 6.32. The third-order valence-electron chi connectivity index (χ3n) is 3.40. The van der Waals surface area contributed by atoms with E-state index in [4.69, 9.17) is 4.74 Å². The molecule has 2 heteroatoms. The third kappa shape index (κ3) is 1.74. The van der Waals surface area contributed by atoms with Crippen molar-refractivity contribution in [2.75, 3.05) is 0 Å². The lowest BCUT2D eigenvalue weighted by Crippen LogP contribution is -2.06. The van der Waals surface area contributed by atoms with Crippen molar-refractivity contribution in [2.45, 2.75) is 32.3 Å². The van der Waals surface area contributed by atoms with Gasteiger partial charge in [-0.25, -0.2) is 0 Å². The highest BCUT2D eigenvalue weighted by atomic mass is 16.5. The molecule has 1 aromatic carbocycles. The SMILES string of the molecule is CCCCC1OC=Cc2c1[nH]c1ccccc21. The number of unbranched alkanes of at least 4 members (excludes halogenated alkanes) is 1. The van der Waals surface area contributed by atoms with E-state index in [1.807, 2.05) is 6.26 Å². The molecule has 1 atom stereocenters. The molecule has 1 N–H and O–H groups in total. The number of fused-ring (bicyclic) bond motifs is 3.